The average Bonchev–Trinajstić information content (AvgIpc) is 2.47. The summed E-state index contributed by atoms with van der Waals surface area (Å²) in [5, 5.41) is 12.1. The summed E-state index contributed by atoms with van der Waals surface area (Å²) in [5.74, 6) is 0. The van der Waals surface area contributed by atoms with Gasteiger partial charge in [-0.05, 0) is 6.92 Å². The zero-order chi connectivity index (χ0) is 14.6. The van der Waals surface area contributed by atoms with Crippen LogP contribution in [0.2, 0.25) is 0 Å². The van der Waals surface area contributed by atoms with E-state index in [2.05, 4.69) is 0 Å². The largest absolute Gasteiger partial charge is 0.313 e. The molecule has 0 spiro atoms. The Labute approximate surface area is 118 Å². The third-order valence-corrected chi connectivity index (χ3v) is 6.85. The zero-order valence-corrected chi connectivity index (χ0v) is 12.1. The zero-order valence-electron chi connectivity index (χ0n) is 11.2. The summed E-state index contributed by atoms with van der Waals surface area (Å²) < 4.78 is 13.5. The van der Waals surface area contributed by atoms with Crippen LogP contribution >= 0.6 is 7.14 Å². The molecule has 0 aromatic heterocycles. The summed E-state index contributed by atoms with van der Waals surface area (Å²) in [6, 6.07) is 18.1. The lowest BCUT2D eigenvalue weighted by atomic mass is 10.4. The van der Waals surface area contributed by atoms with Crippen molar-refractivity contribution in [1.29, 1.82) is 0 Å². The predicted molar refractivity (Wildman–Crippen MR) is 81.1 cm³/mol. The molecule has 0 aliphatic heterocycles. The summed E-state index contributed by atoms with van der Waals surface area (Å²) in [4.78, 5) is 10.4. The Kier molecular flexibility index (Phi) is 4.35. The first-order chi connectivity index (χ1) is 9.55. The normalized spacial score (nSPS) is 12.8. The summed E-state index contributed by atoms with van der Waals surface area (Å²) in [6.07, 6.45) is 0. The van der Waals surface area contributed by atoms with Crippen molar-refractivity contribution in [3.8, 4) is 0 Å². The molecule has 0 amide bonds. The van der Waals surface area contributed by atoms with Crippen molar-refractivity contribution in [3.05, 3.63) is 70.8 Å². The molecule has 1 unspecified atom stereocenters. The minimum atomic E-state index is -3.01. The van der Waals surface area contributed by atoms with Gasteiger partial charge in [-0.1, -0.05) is 60.7 Å². The monoisotopic (exact) mass is 289 g/mol. The van der Waals surface area contributed by atoms with Crippen molar-refractivity contribution in [3.63, 3.8) is 0 Å². The fraction of sp³-hybridized carbons (Fsp3) is 0.200. The van der Waals surface area contributed by atoms with E-state index in [1.54, 1.807) is 31.2 Å². The second-order valence-electron chi connectivity index (χ2n) is 4.69. The topological polar surface area (TPSA) is 60.2 Å². The number of nitro groups is 1. The first-order valence-electron chi connectivity index (χ1n) is 6.38. The molecule has 0 saturated heterocycles. The first kappa shape index (κ1) is 14.5. The third kappa shape index (κ3) is 2.81. The highest BCUT2D eigenvalue weighted by Crippen LogP contribution is 2.48. The third-order valence-electron chi connectivity index (χ3n) is 3.31. The van der Waals surface area contributed by atoms with Gasteiger partial charge in [0.2, 0.25) is 6.54 Å². The second-order valence-corrected chi connectivity index (χ2v) is 7.92. The van der Waals surface area contributed by atoms with Crippen LogP contribution in [0.5, 0.6) is 0 Å². The van der Waals surface area contributed by atoms with Crippen LogP contribution in [-0.2, 0) is 4.57 Å². The van der Waals surface area contributed by atoms with E-state index in [1.165, 1.54) is 0 Å². The van der Waals surface area contributed by atoms with Gasteiger partial charge in [-0.25, -0.2) is 0 Å². The fourth-order valence-electron chi connectivity index (χ4n) is 2.29. The molecular formula is C15H16NO3P. The Hall–Kier alpha value is -1.93. The van der Waals surface area contributed by atoms with E-state index in [4.69, 9.17) is 0 Å². The van der Waals surface area contributed by atoms with Gasteiger partial charge >= 0.3 is 0 Å². The smallest absolute Gasteiger partial charge is 0.213 e. The number of hydrogen-bond donors (Lipinski definition) is 0. The van der Waals surface area contributed by atoms with E-state index in [-0.39, 0.29) is 6.54 Å². The lowest BCUT2D eigenvalue weighted by Crippen LogP contribution is -2.28. The maximum Gasteiger partial charge on any atom is 0.213 e. The van der Waals surface area contributed by atoms with Gasteiger partial charge < -0.3 is 4.57 Å². The van der Waals surface area contributed by atoms with Gasteiger partial charge in [-0.3, -0.25) is 10.1 Å². The van der Waals surface area contributed by atoms with Crippen LogP contribution in [0.3, 0.4) is 0 Å². The summed E-state index contributed by atoms with van der Waals surface area (Å²) in [5.41, 5.74) is -0.540. The summed E-state index contributed by atoms with van der Waals surface area (Å²) in [7, 11) is -3.01. The van der Waals surface area contributed by atoms with E-state index in [1.807, 2.05) is 36.4 Å². The van der Waals surface area contributed by atoms with Crippen molar-refractivity contribution in [2.45, 2.75) is 12.6 Å². The summed E-state index contributed by atoms with van der Waals surface area (Å²) in [6.45, 7) is 1.38. The van der Waals surface area contributed by atoms with Crippen molar-refractivity contribution in [2.24, 2.45) is 0 Å². The molecule has 20 heavy (non-hydrogen) atoms. The molecule has 2 rings (SSSR count). The van der Waals surface area contributed by atoms with Crippen LogP contribution in [0, 0.1) is 10.1 Å². The fourth-order valence-corrected chi connectivity index (χ4v) is 5.20. The summed E-state index contributed by atoms with van der Waals surface area (Å²) >= 11 is 0. The SMILES string of the molecule is CC(C[N+](=O)[O-])P(=O)(c1ccccc1)c1ccccc1. The maximum atomic E-state index is 13.5. The predicted octanol–water partition coefficient (Wildman–Crippen LogP) is 2.67. The van der Waals surface area contributed by atoms with Crippen molar-refractivity contribution < 1.29 is 9.49 Å². The van der Waals surface area contributed by atoms with Crippen LogP contribution in [0.25, 0.3) is 0 Å². The molecule has 104 valence electrons. The average molecular weight is 289 g/mol. The molecule has 0 saturated carbocycles. The van der Waals surface area contributed by atoms with Gasteiger partial charge in [0.15, 0.2) is 7.14 Å². The number of rotatable bonds is 5. The van der Waals surface area contributed by atoms with Crippen molar-refractivity contribution in [2.75, 3.05) is 6.54 Å². The molecule has 0 aliphatic carbocycles. The molecule has 5 heteroatoms. The molecule has 0 heterocycles. The van der Waals surface area contributed by atoms with E-state index < -0.39 is 17.7 Å². The van der Waals surface area contributed by atoms with E-state index >= 15 is 0 Å². The van der Waals surface area contributed by atoms with Crippen LogP contribution < -0.4 is 10.6 Å². The molecule has 0 radical (unpaired) electrons. The van der Waals surface area contributed by atoms with Gasteiger partial charge in [0.05, 0.1) is 5.66 Å². The Morgan fingerprint density at radius 3 is 1.75 bits per heavy atom. The van der Waals surface area contributed by atoms with Gasteiger partial charge in [-0.15, -0.1) is 0 Å². The quantitative estimate of drug-likeness (QED) is 0.483. The number of hydrogen-bond acceptors (Lipinski definition) is 3. The Morgan fingerprint density at radius 1 is 1.00 bits per heavy atom. The Balaban J connectivity index is 2.55. The van der Waals surface area contributed by atoms with Gasteiger partial charge in [0.25, 0.3) is 0 Å². The van der Waals surface area contributed by atoms with E-state index in [9.17, 15) is 14.7 Å². The van der Waals surface area contributed by atoms with Gasteiger partial charge in [0.1, 0.15) is 0 Å². The van der Waals surface area contributed by atoms with E-state index in [0.717, 1.165) is 0 Å². The lowest BCUT2D eigenvalue weighted by Gasteiger charge is -2.23. The Bertz CT molecular complexity index is 585. The number of benzene rings is 2. The lowest BCUT2D eigenvalue weighted by molar-refractivity contribution is -0.478. The first-order valence-corrected chi connectivity index (χ1v) is 8.15. The molecule has 4 nitrogen and oxygen atoms in total. The van der Waals surface area contributed by atoms with Crippen LogP contribution in [0.15, 0.2) is 60.7 Å². The standard InChI is InChI=1S/C15H16NO3P/c1-13(12-16(17)18)20(19,14-8-4-2-5-9-14)15-10-6-3-7-11-15/h2-11,13H,12H2,1H3. The van der Waals surface area contributed by atoms with Crippen LogP contribution in [0.1, 0.15) is 6.92 Å². The molecule has 1 atom stereocenters. The minimum Gasteiger partial charge on any atom is -0.313 e. The van der Waals surface area contributed by atoms with Crippen molar-refractivity contribution in [1.82, 2.24) is 0 Å². The molecule has 0 fully saturated rings. The molecule has 0 bridgehead atoms. The Morgan fingerprint density at radius 2 is 1.40 bits per heavy atom. The number of nitrogens with zero attached hydrogens (tertiary/aromatic N) is 1. The second kappa shape index (κ2) is 6.02. The minimum absolute atomic E-state index is 0.304. The van der Waals surface area contributed by atoms with E-state index in [0.29, 0.717) is 10.6 Å². The molecular weight excluding hydrogens is 273 g/mol. The molecule has 0 aliphatic rings. The maximum absolute atomic E-state index is 13.5. The van der Waals surface area contributed by atoms with Gasteiger partial charge in [-0.2, -0.15) is 0 Å². The van der Waals surface area contributed by atoms with Crippen molar-refractivity contribution >= 4 is 17.8 Å². The molecule has 0 N–H and O–H groups in total. The highest BCUT2D eigenvalue weighted by atomic mass is 31.2. The van der Waals surface area contributed by atoms with Crippen LogP contribution in [0.4, 0.5) is 0 Å². The molecule has 2 aromatic carbocycles. The highest BCUT2D eigenvalue weighted by Gasteiger charge is 2.36. The highest BCUT2D eigenvalue weighted by molar-refractivity contribution is 7.79. The van der Waals surface area contributed by atoms with Gasteiger partial charge in [0, 0.05) is 15.5 Å². The van der Waals surface area contributed by atoms with Crippen LogP contribution in [-0.4, -0.2) is 17.1 Å². The molecule has 2 aromatic rings.